The Balaban J connectivity index is 2.30. The molecule has 1 unspecified atom stereocenters. The number of nitrogens with zero attached hydrogens (tertiary/aromatic N) is 1. The van der Waals surface area contributed by atoms with Crippen molar-refractivity contribution in [1.29, 1.82) is 0 Å². The quantitative estimate of drug-likeness (QED) is 0.697. The molecule has 0 spiro atoms. The lowest BCUT2D eigenvalue weighted by Gasteiger charge is -2.26. The Hall–Kier alpha value is -0.610. The van der Waals surface area contributed by atoms with E-state index in [0.717, 1.165) is 32.6 Å². The Morgan fingerprint density at radius 2 is 2.27 bits per heavy atom. The highest BCUT2D eigenvalue weighted by molar-refractivity contribution is 5.70. The average Bonchev–Trinajstić information content (AvgIpc) is 2.45. The monoisotopic (exact) mass is 214 g/mol. The minimum absolute atomic E-state index is 0.0813. The molecule has 0 radical (unpaired) electrons. The van der Waals surface area contributed by atoms with Gasteiger partial charge in [-0.05, 0) is 33.4 Å². The van der Waals surface area contributed by atoms with Gasteiger partial charge < -0.3 is 10.1 Å². The van der Waals surface area contributed by atoms with Gasteiger partial charge in [0.15, 0.2) is 0 Å². The molecular formula is C11H22N2O2. The van der Waals surface area contributed by atoms with Gasteiger partial charge in [-0.15, -0.1) is 0 Å². The van der Waals surface area contributed by atoms with Crippen molar-refractivity contribution in [2.24, 2.45) is 0 Å². The number of carbonyl (C=O) groups excluding carboxylic acids is 1. The first kappa shape index (κ1) is 12.5. The normalized spacial score (nSPS) is 20.7. The number of esters is 1. The molecule has 0 amide bonds. The fourth-order valence-corrected chi connectivity index (χ4v) is 1.90. The lowest BCUT2D eigenvalue weighted by molar-refractivity contribution is -0.144. The summed E-state index contributed by atoms with van der Waals surface area (Å²) in [6, 6.07) is 0.295. The Morgan fingerprint density at radius 1 is 1.47 bits per heavy atom. The molecule has 1 N–H and O–H groups in total. The summed E-state index contributed by atoms with van der Waals surface area (Å²) in [5.41, 5.74) is 0. The third-order valence-electron chi connectivity index (χ3n) is 2.77. The summed E-state index contributed by atoms with van der Waals surface area (Å²) in [6.45, 7) is 8.64. The van der Waals surface area contributed by atoms with Crippen molar-refractivity contribution in [3.63, 3.8) is 0 Å². The number of hydrogen-bond donors (Lipinski definition) is 1. The standard InChI is InChI=1S/C11H22N2O2/c1-3-15-11(14)9-10(2)13-7-4-5-12-6-8-13/h10,12H,3-9H2,1-2H3. The first-order chi connectivity index (χ1) is 7.24. The largest absolute Gasteiger partial charge is 0.466 e. The number of rotatable bonds is 4. The molecule has 1 saturated heterocycles. The summed E-state index contributed by atoms with van der Waals surface area (Å²) in [6.07, 6.45) is 1.67. The van der Waals surface area contributed by atoms with Crippen LogP contribution in [0.4, 0.5) is 0 Å². The average molecular weight is 214 g/mol. The zero-order valence-electron chi connectivity index (χ0n) is 9.79. The molecule has 88 valence electrons. The molecule has 1 heterocycles. The van der Waals surface area contributed by atoms with Gasteiger partial charge in [-0.3, -0.25) is 9.69 Å². The van der Waals surface area contributed by atoms with Crippen molar-refractivity contribution in [3.05, 3.63) is 0 Å². The summed E-state index contributed by atoms with van der Waals surface area (Å²) in [5, 5.41) is 3.35. The second-order valence-electron chi connectivity index (χ2n) is 4.00. The summed E-state index contributed by atoms with van der Waals surface area (Å²) in [4.78, 5) is 13.7. The number of hydrogen-bond acceptors (Lipinski definition) is 4. The van der Waals surface area contributed by atoms with Crippen LogP contribution in [0.2, 0.25) is 0 Å². The number of nitrogens with one attached hydrogen (secondary N) is 1. The van der Waals surface area contributed by atoms with E-state index in [-0.39, 0.29) is 5.97 Å². The van der Waals surface area contributed by atoms with Crippen LogP contribution in [0.3, 0.4) is 0 Å². The van der Waals surface area contributed by atoms with E-state index in [1.54, 1.807) is 0 Å². The van der Waals surface area contributed by atoms with Crippen LogP contribution >= 0.6 is 0 Å². The number of carbonyl (C=O) groups is 1. The lowest BCUT2D eigenvalue weighted by Crippen LogP contribution is -2.37. The fourth-order valence-electron chi connectivity index (χ4n) is 1.90. The van der Waals surface area contributed by atoms with Gasteiger partial charge in [-0.25, -0.2) is 0 Å². The molecule has 4 nitrogen and oxygen atoms in total. The van der Waals surface area contributed by atoms with Gasteiger partial charge in [0.2, 0.25) is 0 Å². The third-order valence-corrected chi connectivity index (χ3v) is 2.77. The van der Waals surface area contributed by atoms with E-state index in [1.165, 1.54) is 0 Å². The van der Waals surface area contributed by atoms with E-state index in [2.05, 4.69) is 17.1 Å². The smallest absolute Gasteiger partial charge is 0.307 e. The van der Waals surface area contributed by atoms with Gasteiger partial charge in [0, 0.05) is 19.1 Å². The van der Waals surface area contributed by atoms with Gasteiger partial charge >= 0.3 is 5.97 Å². The molecule has 0 aromatic carbocycles. The second kappa shape index (κ2) is 6.80. The highest BCUT2D eigenvalue weighted by atomic mass is 16.5. The summed E-state index contributed by atoms with van der Waals surface area (Å²) in [7, 11) is 0. The molecular weight excluding hydrogens is 192 g/mol. The van der Waals surface area contributed by atoms with Gasteiger partial charge in [-0.2, -0.15) is 0 Å². The van der Waals surface area contributed by atoms with Gasteiger partial charge in [-0.1, -0.05) is 0 Å². The topological polar surface area (TPSA) is 41.6 Å². The molecule has 0 aliphatic carbocycles. The summed E-state index contributed by atoms with van der Waals surface area (Å²) < 4.78 is 4.95. The van der Waals surface area contributed by atoms with Gasteiger partial charge in [0.05, 0.1) is 13.0 Å². The summed E-state index contributed by atoms with van der Waals surface area (Å²) in [5.74, 6) is -0.0813. The zero-order valence-corrected chi connectivity index (χ0v) is 9.79. The Labute approximate surface area is 92.0 Å². The molecule has 0 saturated carbocycles. The predicted octanol–water partition coefficient (Wildman–Crippen LogP) is 0.623. The first-order valence-electron chi connectivity index (χ1n) is 5.84. The van der Waals surface area contributed by atoms with Crippen molar-refractivity contribution in [2.75, 3.05) is 32.8 Å². The van der Waals surface area contributed by atoms with Crippen molar-refractivity contribution >= 4 is 5.97 Å². The van der Waals surface area contributed by atoms with Crippen molar-refractivity contribution in [2.45, 2.75) is 32.7 Å². The Bertz CT molecular complexity index is 189. The van der Waals surface area contributed by atoms with Crippen LogP contribution in [0, 0.1) is 0 Å². The highest BCUT2D eigenvalue weighted by Crippen LogP contribution is 2.07. The zero-order chi connectivity index (χ0) is 11.1. The molecule has 0 aromatic rings. The summed E-state index contributed by atoms with van der Waals surface area (Å²) >= 11 is 0. The Kier molecular flexibility index (Phi) is 5.65. The molecule has 1 rings (SSSR count). The van der Waals surface area contributed by atoms with E-state index in [4.69, 9.17) is 4.74 Å². The molecule has 1 atom stereocenters. The SMILES string of the molecule is CCOC(=O)CC(C)N1CCCNCC1. The highest BCUT2D eigenvalue weighted by Gasteiger charge is 2.18. The van der Waals surface area contributed by atoms with Gasteiger partial charge in [0.1, 0.15) is 0 Å². The van der Waals surface area contributed by atoms with Crippen LogP contribution in [0.15, 0.2) is 0 Å². The maximum atomic E-state index is 11.3. The van der Waals surface area contributed by atoms with Crippen LogP contribution in [0.5, 0.6) is 0 Å². The molecule has 1 fully saturated rings. The first-order valence-corrected chi connectivity index (χ1v) is 5.84. The maximum Gasteiger partial charge on any atom is 0.307 e. The minimum Gasteiger partial charge on any atom is -0.466 e. The molecule has 4 heteroatoms. The molecule has 1 aliphatic heterocycles. The van der Waals surface area contributed by atoms with E-state index in [9.17, 15) is 4.79 Å². The molecule has 0 aromatic heterocycles. The number of ether oxygens (including phenoxy) is 1. The second-order valence-corrected chi connectivity index (χ2v) is 4.00. The van der Waals surface area contributed by atoms with Gasteiger partial charge in [0.25, 0.3) is 0 Å². The van der Waals surface area contributed by atoms with E-state index in [1.807, 2.05) is 6.92 Å². The van der Waals surface area contributed by atoms with Crippen LogP contribution in [0.1, 0.15) is 26.7 Å². The van der Waals surface area contributed by atoms with Crippen LogP contribution < -0.4 is 5.32 Å². The molecule has 15 heavy (non-hydrogen) atoms. The Morgan fingerprint density at radius 3 is 3.00 bits per heavy atom. The predicted molar refractivity (Wildman–Crippen MR) is 59.8 cm³/mol. The minimum atomic E-state index is -0.0813. The van der Waals surface area contributed by atoms with Crippen LogP contribution in [-0.2, 0) is 9.53 Å². The maximum absolute atomic E-state index is 11.3. The van der Waals surface area contributed by atoms with E-state index < -0.39 is 0 Å². The van der Waals surface area contributed by atoms with Crippen molar-refractivity contribution in [1.82, 2.24) is 10.2 Å². The van der Waals surface area contributed by atoms with E-state index >= 15 is 0 Å². The molecule has 1 aliphatic rings. The third kappa shape index (κ3) is 4.62. The van der Waals surface area contributed by atoms with Crippen molar-refractivity contribution in [3.8, 4) is 0 Å². The van der Waals surface area contributed by atoms with Crippen LogP contribution in [-0.4, -0.2) is 49.7 Å². The van der Waals surface area contributed by atoms with E-state index in [0.29, 0.717) is 19.1 Å². The molecule has 0 bridgehead atoms. The fraction of sp³-hybridized carbons (Fsp3) is 0.909. The van der Waals surface area contributed by atoms with Crippen LogP contribution in [0.25, 0.3) is 0 Å². The lowest BCUT2D eigenvalue weighted by atomic mass is 10.2. The van der Waals surface area contributed by atoms with Crippen molar-refractivity contribution < 1.29 is 9.53 Å².